The topological polar surface area (TPSA) is 64.4 Å². The van der Waals surface area contributed by atoms with Crippen LogP contribution in [0.25, 0.3) is 0 Å². The van der Waals surface area contributed by atoms with Crippen LogP contribution in [0.2, 0.25) is 0 Å². The number of nitrogens with one attached hydrogen (secondary N) is 1. The van der Waals surface area contributed by atoms with Crippen LogP contribution >= 0.6 is 0 Å². The number of hydrogen-bond acceptors (Lipinski definition) is 3. The zero-order valence-corrected chi connectivity index (χ0v) is 11.2. The summed E-state index contributed by atoms with van der Waals surface area (Å²) in [5, 5.41) is 3.46. The van der Waals surface area contributed by atoms with Crippen molar-refractivity contribution in [2.24, 2.45) is 11.7 Å². The first-order valence-corrected chi connectivity index (χ1v) is 6.99. The third-order valence-corrected chi connectivity index (χ3v) is 3.54. The van der Waals surface area contributed by atoms with Crippen molar-refractivity contribution in [3.63, 3.8) is 0 Å². The molecule has 0 aromatic heterocycles. The van der Waals surface area contributed by atoms with Gasteiger partial charge >= 0.3 is 0 Å². The number of primary amides is 1. The number of benzene rings is 1. The lowest BCUT2D eigenvalue weighted by atomic mass is 10.1. The quantitative estimate of drug-likeness (QED) is 0.793. The maximum atomic E-state index is 10.6. The van der Waals surface area contributed by atoms with Gasteiger partial charge in [0.15, 0.2) is 0 Å². The number of carbonyl (C=O) groups excluding carboxylic acids is 1. The first kappa shape index (κ1) is 13.7. The minimum Gasteiger partial charge on any atom is -0.493 e. The van der Waals surface area contributed by atoms with E-state index in [1.54, 1.807) is 0 Å². The van der Waals surface area contributed by atoms with E-state index in [0.29, 0.717) is 6.61 Å². The predicted octanol–water partition coefficient (Wildman–Crippen LogP) is 2.54. The number of anilines is 1. The summed E-state index contributed by atoms with van der Waals surface area (Å²) in [6.07, 6.45) is 5.70. The van der Waals surface area contributed by atoms with E-state index in [9.17, 15) is 4.79 Å². The molecule has 0 aliphatic heterocycles. The third-order valence-electron chi connectivity index (χ3n) is 3.54. The predicted molar refractivity (Wildman–Crippen MR) is 76.2 cm³/mol. The van der Waals surface area contributed by atoms with Crippen LogP contribution in [-0.4, -0.2) is 19.1 Å². The molecule has 1 aliphatic carbocycles. The van der Waals surface area contributed by atoms with Gasteiger partial charge in [0.2, 0.25) is 5.91 Å². The van der Waals surface area contributed by atoms with Crippen molar-refractivity contribution >= 4 is 11.6 Å². The van der Waals surface area contributed by atoms with Gasteiger partial charge in [-0.05, 0) is 43.0 Å². The molecule has 104 valence electrons. The molecule has 1 amide bonds. The van der Waals surface area contributed by atoms with Crippen LogP contribution in [-0.2, 0) is 4.79 Å². The molecule has 1 saturated carbocycles. The van der Waals surface area contributed by atoms with Gasteiger partial charge in [-0.25, -0.2) is 0 Å². The summed E-state index contributed by atoms with van der Waals surface area (Å²) in [4.78, 5) is 10.6. The highest BCUT2D eigenvalue weighted by molar-refractivity contribution is 5.73. The second-order valence-corrected chi connectivity index (χ2v) is 5.12. The number of hydrogen-bond donors (Lipinski definition) is 2. The van der Waals surface area contributed by atoms with Crippen molar-refractivity contribution in [1.82, 2.24) is 0 Å². The minimum absolute atomic E-state index is 0.252. The van der Waals surface area contributed by atoms with Crippen molar-refractivity contribution in [3.8, 4) is 5.75 Å². The lowest BCUT2D eigenvalue weighted by molar-refractivity contribution is -0.118. The van der Waals surface area contributed by atoms with Crippen LogP contribution in [0.15, 0.2) is 24.3 Å². The van der Waals surface area contributed by atoms with Crippen LogP contribution in [0.4, 0.5) is 5.69 Å². The lowest BCUT2D eigenvalue weighted by Gasteiger charge is -2.12. The molecule has 0 spiro atoms. The summed E-state index contributed by atoms with van der Waals surface area (Å²) in [5.74, 6) is 1.26. The largest absolute Gasteiger partial charge is 0.493 e. The van der Waals surface area contributed by atoms with Gasteiger partial charge in [-0.3, -0.25) is 4.79 Å². The Balaban J connectivity index is 1.72. The van der Waals surface area contributed by atoms with Crippen LogP contribution in [0.1, 0.15) is 32.1 Å². The lowest BCUT2D eigenvalue weighted by Crippen LogP contribution is -2.14. The van der Waals surface area contributed by atoms with Crippen molar-refractivity contribution in [2.45, 2.75) is 32.1 Å². The molecule has 0 radical (unpaired) electrons. The number of nitrogens with two attached hydrogens (primary N) is 1. The van der Waals surface area contributed by atoms with E-state index in [0.717, 1.165) is 23.9 Å². The molecule has 4 heteroatoms. The van der Waals surface area contributed by atoms with E-state index in [4.69, 9.17) is 10.5 Å². The van der Waals surface area contributed by atoms with E-state index in [-0.39, 0.29) is 12.3 Å². The summed E-state index contributed by atoms with van der Waals surface area (Å²) < 4.78 is 5.42. The SMILES string of the molecule is NC(=O)CCOc1ccc(NCC2CCCC2)cc1. The summed E-state index contributed by atoms with van der Waals surface area (Å²) in [6.45, 7) is 1.39. The molecule has 2 rings (SSSR count). The molecule has 0 heterocycles. The Morgan fingerprint density at radius 2 is 1.95 bits per heavy atom. The Morgan fingerprint density at radius 3 is 2.58 bits per heavy atom. The third kappa shape index (κ3) is 4.81. The monoisotopic (exact) mass is 262 g/mol. The Bertz CT molecular complexity index is 397. The smallest absolute Gasteiger partial charge is 0.220 e. The first-order chi connectivity index (χ1) is 9.24. The number of carbonyl (C=O) groups is 1. The fourth-order valence-corrected chi connectivity index (χ4v) is 2.42. The van der Waals surface area contributed by atoms with E-state index in [2.05, 4.69) is 5.32 Å². The van der Waals surface area contributed by atoms with E-state index >= 15 is 0 Å². The Morgan fingerprint density at radius 1 is 1.26 bits per heavy atom. The molecule has 1 aromatic rings. The average molecular weight is 262 g/mol. The molecule has 1 fully saturated rings. The Labute approximate surface area is 114 Å². The molecule has 19 heavy (non-hydrogen) atoms. The van der Waals surface area contributed by atoms with Crippen LogP contribution in [0.5, 0.6) is 5.75 Å². The van der Waals surface area contributed by atoms with Gasteiger partial charge in [-0.15, -0.1) is 0 Å². The molecule has 4 nitrogen and oxygen atoms in total. The van der Waals surface area contributed by atoms with Crippen molar-refractivity contribution in [1.29, 1.82) is 0 Å². The van der Waals surface area contributed by atoms with Gasteiger partial charge in [0.1, 0.15) is 5.75 Å². The fourth-order valence-electron chi connectivity index (χ4n) is 2.42. The van der Waals surface area contributed by atoms with Crippen LogP contribution in [0, 0.1) is 5.92 Å². The standard InChI is InChI=1S/C15H22N2O2/c16-15(18)9-10-19-14-7-5-13(6-8-14)17-11-12-3-1-2-4-12/h5-8,12,17H,1-4,9-11H2,(H2,16,18). The van der Waals surface area contributed by atoms with Gasteiger partial charge in [0.05, 0.1) is 13.0 Å². The number of amides is 1. The van der Waals surface area contributed by atoms with Gasteiger partial charge in [-0.2, -0.15) is 0 Å². The second-order valence-electron chi connectivity index (χ2n) is 5.12. The normalized spacial score (nSPS) is 15.4. The molecule has 0 bridgehead atoms. The number of rotatable bonds is 7. The highest BCUT2D eigenvalue weighted by atomic mass is 16.5. The summed E-state index contributed by atoms with van der Waals surface area (Å²) in [5.41, 5.74) is 6.17. The Hall–Kier alpha value is -1.71. The summed E-state index contributed by atoms with van der Waals surface area (Å²) in [6, 6.07) is 7.85. The summed E-state index contributed by atoms with van der Waals surface area (Å²) >= 11 is 0. The van der Waals surface area contributed by atoms with Gasteiger partial charge in [0, 0.05) is 12.2 Å². The fraction of sp³-hybridized carbons (Fsp3) is 0.533. The van der Waals surface area contributed by atoms with E-state index in [1.165, 1.54) is 25.7 Å². The molecule has 0 unspecified atom stereocenters. The van der Waals surface area contributed by atoms with Crippen molar-refractivity contribution in [3.05, 3.63) is 24.3 Å². The maximum Gasteiger partial charge on any atom is 0.220 e. The molecule has 3 N–H and O–H groups in total. The minimum atomic E-state index is -0.338. The zero-order valence-electron chi connectivity index (χ0n) is 11.2. The second kappa shape index (κ2) is 7.02. The van der Waals surface area contributed by atoms with Crippen molar-refractivity contribution < 1.29 is 9.53 Å². The van der Waals surface area contributed by atoms with Gasteiger partial charge in [-0.1, -0.05) is 12.8 Å². The van der Waals surface area contributed by atoms with Gasteiger partial charge < -0.3 is 15.8 Å². The summed E-state index contributed by atoms with van der Waals surface area (Å²) in [7, 11) is 0. The number of ether oxygens (including phenoxy) is 1. The van der Waals surface area contributed by atoms with Crippen LogP contribution in [0.3, 0.4) is 0 Å². The highest BCUT2D eigenvalue weighted by Gasteiger charge is 2.14. The molecule has 1 aliphatic rings. The van der Waals surface area contributed by atoms with E-state index < -0.39 is 0 Å². The maximum absolute atomic E-state index is 10.6. The molecular formula is C15H22N2O2. The zero-order chi connectivity index (χ0) is 13.5. The first-order valence-electron chi connectivity index (χ1n) is 6.99. The molecule has 1 aromatic carbocycles. The highest BCUT2D eigenvalue weighted by Crippen LogP contribution is 2.25. The average Bonchev–Trinajstić information content (AvgIpc) is 2.90. The van der Waals surface area contributed by atoms with Gasteiger partial charge in [0.25, 0.3) is 0 Å². The molecule has 0 saturated heterocycles. The van der Waals surface area contributed by atoms with Crippen LogP contribution < -0.4 is 15.8 Å². The van der Waals surface area contributed by atoms with Crippen molar-refractivity contribution in [2.75, 3.05) is 18.5 Å². The Kier molecular flexibility index (Phi) is 5.07. The molecule has 0 atom stereocenters. The molecular weight excluding hydrogens is 240 g/mol. The van der Waals surface area contributed by atoms with E-state index in [1.807, 2.05) is 24.3 Å².